The molecule has 1 heterocycles. The van der Waals surface area contributed by atoms with E-state index in [-0.39, 0.29) is 6.04 Å². The van der Waals surface area contributed by atoms with Crippen LogP contribution in [0.15, 0.2) is 12.5 Å². The first kappa shape index (κ1) is 12.2. The molecule has 0 amide bonds. The Hall–Kier alpha value is -0.910. The van der Waals surface area contributed by atoms with Gasteiger partial charge in [0.2, 0.25) is 0 Å². The van der Waals surface area contributed by atoms with Crippen molar-refractivity contribution >= 4 is 0 Å². The smallest absolute Gasteiger partial charge is 0.0947 e. The van der Waals surface area contributed by atoms with Crippen molar-refractivity contribution in [2.75, 3.05) is 13.7 Å². The molecule has 0 aliphatic heterocycles. The Morgan fingerprint density at radius 2 is 2.40 bits per heavy atom. The second-order valence-electron chi connectivity index (χ2n) is 3.87. The van der Waals surface area contributed by atoms with E-state index >= 15 is 0 Å². The second kappa shape index (κ2) is 5.85. The maximum Gasteiger partial charge on any atom is 0.0947 e. The van der Waals surface area contributed by atoms with Crippen LogP contribution in [-0.4, -0.2) is 23.3 Å². The van der Waals surface area contributed by atoms with Crippen molar-refractivity contribution in [3.63, 3.8) is 0 Å². The Morgan fingerprint density at radius 1 is 1.67 bits per heavy atom. The molecule has 0 bridgehead atoms. The fourth-order valence-corrected chi connectivity index (χ4v) is 1.61. The van der Waals surface area contributed by atoms with Crippen LogP contribution >= 0.6 is 0 Å². The SMILES string of the molecule is COCCC(C)C(NN)c1cn(C)cn1. The number of hydrogen-bond donors (Lipinski definition) is 2. The highest BCUT2D eigenvalue weighted by Gasteiger charge is 2.19. The summed E-state index contributed by atoms with van der Waals surface area (Å²) in [5.74, 6) is 5.94. The molecule has 0 aromatic carbocycles. The molecule has 1 rings (SSSR count). The van der Waals surface area contributed by atoms with Gasteiger partial charge in [0.05, 0.1) is 18.1 Å². The molecule has 0 spiro atoms. The van der Waals surface area contributed by atoms with Gasteiger partial charge in [0.25, 0.3) is 0 Å². The third kappa shape index (κ3) is 3.30. The topological polar surface area (TPSA) is 65.1 Å². The lowest BCUT2D eigenvalue weighted by Crippen LogP contribution is -2.33. The van der Waals surface area contributed by atoms with Crippen molar-refractivity contribution in [3.8, 4) is 0 Å². The maximum atomic E-state index is 5.55. The lowest BCUT2D eigenvalue weighted by atomic mass is 9.97. The number of hydrogen-bond acceptors (Lipinski definition) is 4. The number of nitrogens with one attached hydrogen (secondary N) is 1. The predicted octanol–water partition coefficient (Wildman–Crippen LogP) is 0.597. The van der Waals surface area contributed by atoms with Gasteiger partial charge in [-0.25, -0.2) is 4.98 Å². The van der Waals surface area contributed by atoms with Crippen molar-refractivity contribution < 1.29 is 4.74 Å². The summed E-state index contributed by atoms with van der Waals surface area (Å²) in [6, 6.07) is 0.0846. The average molecular weight is 212 g/mol. The van der Waals surface area contributed by atoms with Gasteiger partial charge in [0.1, 0.15) is 0 Å². The van der Waals surface area contributed by atoms with Crippen molar-refractivity contribution in [1.82, 2.24) is 15.0 Å². The summed E-state index contributed by atoms with van der Waals surface area (Å²) >= 11 is 0. The zero-order valence-corrected chi connectivity index (χ0v) is 9.60. The van der Waals surface area contributed by atoms with Gasteiger partial charge >= 0.3 is 0 Å². The van der Waals surface area contributed by atoms with Crippen LogP contribution < -0.4 is 11.3 Å². The lowest BCUT2D eigenvalue weighted by molar-refractivity contribution is 0.170. The van der Waals surface area contributed by atoms with Crippen LogP contribution in [0.3, 0.4) is 0 Å². The third-order valence-electron chi connectivity index (χ3n) is 2.57. The summed E-state index contributed by atoms with van der Waals surface area (Å²) in [6.45, 7) is 2.88. The van der Waals surface area contributed by atoms with Crippen LogP contribution in [0, 0.1) is 5.92 Å². The quantitative estimate of drug-likeness (QED) is 0.535. The summed E-state index contributed by atoms with van der Waals surface area (Å²) in [5.41, 5.74) is 3.78. The molecule has 0 aliphatic rings. The van der Waals surface area contributed by atoms with Crippen LogP contribution in [0.4, 0.5) is 0 Å². The molecule has 0 radical (unpaired) electrons. The summed E-state index contributed by atoms with van der Waals surface area (Å²) in [6.07, 6.45) is 4.72. The molecule has 0 saturated heterocycles. The molecule has 3 N–H and O–H groups in total. The zero-order chi connectivity index (χ0) is 11.3. The van der Waals surface area contributed by atoms with Gasteiger partial charge < -0.3 is 9.30 Å². The van der Waals surface area contributed by atoms with Gasteiger partial charge in [-0.3, -0.25) is 11.3 Å². The lowest BCUT2D eigenvalue weighted by Gasteiger charge is -2.21. The van der Waals surface area contributed by atoms with Crippen molar-refractivity contribution in [2.45, 2.75) is 19.4 Å². The predicted molar refractivity (Wildman–Crippen MR) is 58.9 cm³/mol. The monoisotopic (exact) mass is 212 g/mol. The molecular formula is C10H20N4O. The Labute approximate surface area is 90.6 Å². The maximum absolute atomic E-state index is 5.55. The van der Waals surface area contributed by atoms with Crippen molar-refractivity contribution in [2.24, 2.45) is 18.8 Å². The largest absolute Gasteiger partial charge is 0.385 e. The van der Waals surface area contributed by atoms with E-state index in [0.717, 1.165) is 18.7 Å². The number of nitrogens with two attached hydrogens (primary N) is 1. The summed E-state index contributed by atoms with van der Waals surface area (Å²) in [7, 11) is 3.66. The number of methoxy groups -OCH3 is 1. The van der Waals surface area contributed by atoms with E-state index in [2.05, 4.69) is 17.3 Å². The molecule has 2 atom stereocenters. The second-order valence-corrected chi connectivity index (χ2v) is 3.87. The van der Waals surface area contributed by atoms with Crippen LogP contribution in [0.5, 0.6) is 0 Å². The molecule has 1 aromatic heterocycles. The molecule has 0 saturated carbocycles. The van der Waals surface area contributed by atoms with Crippen LogP contribution in [0.1, 0.15) is 25.1 Å². The Balaban J connectivity index is 2.62. The van der Waals surface area contributed by atoms with Gasteiger partial charge in [0, 0.05) is 27.0 Å². The van der Waals surface area contributed by atoms with Gasteiger partial charge in [-0.1, -0.05) is 6.92 Å². The van der Waals surface area contributed by atoms with E-state index in [9.17, 15) is 0 Å². The van der Waals surface area contributed by atoms with E-state index < -0.39 is 0 Å². The van der Waals surface area contributed by atoms with Gasteiger partial charge in [-0.2, -0.15) is 0 Å². The fraction of sp³-hybridized carbons (Fsp3) is 0.700. The van der Waals surface area contributed by atoms with Gasteiger partial charge in [0.15, 0.2) is 0 Å². The number of nitrogens with zero attached hydrogens (tertiary/aromatic N) is 2. The van der Waals surface area contributed by atoms with E-state index in [4.69, 9.17) is 10.6 Å². The van der Waals surface area contributed by atoms with Crippen molar-refractivity contribution in [1.29, 1.82) is 0 Å². The number of aryl methyl sites for hydroxylation is 1. The van der Waals surface area contributed by atoms with E-state index in [1.807, 2.05) is 17.8 Å². The highest BCUT2D eigenvalue weighted by Crippen LogP contribution is 2.21. The van der Waals surface area contributed by atoms with Gasteiger partial charge in [-0.15, -0.1) is 0 Å². The molecule has 2 unspecified atom stereocenters. The highest BCUT2D eigenvalue weighted by molar-refractivity contribution is 5.04. The molecule has 15 heavy (non-hydrogen) atoms. The van der Waals surface area contributed by atoms with Gasteiger partial charge in [-0.05, 0) is 12.3 Å². The molecule has 5 heteroatoms. The zero-order valence-electron chi connectivity index (χ0n) is 9.60. The molecule has 5 nitrogen and oxygen atoms in total. The first-order chi connectivity index (χ1) is 7.19. The van der Waals surface area contributed by atoms with Crippen LogP contribution in [-0.2, 0) is 11.8 Å². The number of rotatable bonds is 6. The molecule has 1 aromatic rings. The minimum absolute atomic E-state index is 0.0846. The summed E-state index contributed by atoms with van der Waals surface area (Å²) in [5, 5.41) is 0. The fourth-order valence-electron chi connectivity index (χ4n) is 1.61. The molecule has 0 aliphatic carbocycles. The van der Waals surface area contributed by atoms with E-state index in [1.165, 1.54) is 0 Å². The summed E-state index contributed by atoms with van der Waals surface area (Å²) < 4.78 is 6.97. The molecular weight excluding hydrogens is 192 g/mol. The Kier molecular flexibility index (Phi) is 4.74. The number of hydrazine groups is 1. The number of aromatic nitrogens is 2. The third-order valence-corrected chi connectivity index (χ3v) is 2.57. The molecule has 0 fully saturated rings. The number of ether oxygens (including phenoxy) is 1. The normalized spacial score (nSPS) is 15.2. The van der Waals surface area contributed by atoms with E-state index in [0.29, 0.717) is 5.92 Å². The Morgan fingerprint density at radius 3 is 2.87 bits per heavy atom. The Bertz CT molecular complexity index is 287. The number of imidazole rings is 1. The standard InChI is InChI=1S/C10H20N4O/c1-8(4-5-15-3)10(13-11)9-6-14(2)7-12-9/h6-8,10,13H,4-5,11H2,1-3H3. The highest BCUT2D eigenvalue weighted by atomic mass is 16.5. The van der Waals surface area contributed by atoms with E-state index in [1.54, 1.807) is 13.4 Å². The average Bonchev–Trinajstić information content (AvgIpc) is 2.63. The minimum atomic E-state index is 0.0846. The molecule has 86 valence electrons. The summed E-state index contributed by atoms with van der Waals surface area (Å²) in [4.78, 5) is 4.30. The van der Waals surface area contributed by atoms with Crippen LogP contribution in [0.2, 0.25) is 0 Å². The first-order valence-electron chi connectivity index (χ1n) is 5.12. The minimum Gasteiger partial charge on any atom is -0.385 e. The first-order valence-corrected chi connectivity index (χ1v) is 5.12. The van der Waals surface area contributed by atoms with Crippen LogP contribution in [0.25, 0.3) is 0 Å². The van der Waals surface area contributed by atoms with Crippen molar-refractivity contribution in [3.05, 3.63) is 18.2 Å².